The smallest absolute Gasteiger partial charge is 0.414 e. The number of sulfonamides is 3. The van der Waals surface area contributed by atoms with Gasteiger partial charge in [0.15, 0.2) is 0 Å². The van der Waals surface area contributed by atoms with E-state index in [1.165, 1.54) is 75.7 Å². The van der Waals surface area contributed by atoms with Gasteiger partial charge in [-0.25, -0.2) is 80.7 Å². The van der Waals surface area contributed by atoms with Crippen LogP contribution in [-0.4, -0.2) is 168 Å². The Kier molecular flexibility index (Phi) is 23.3. The molecule has 492 valence electrons. The highest BCUT2D eigenvalue weighted by Crippen LogP contribution is 2.47. The van der Waals surface area contributed by atoms with Crippen LogP contribution >= 0.6 is 15.9 Å². The quantitative estimate of drug-likeness (QED) is 0.207. The van der Waals surface area contributed by atoms with Crippen molar-refractivity contribution in [3.8, 4) is 0 Å². The molecule has 6 atom stereocenters. The number of nitrogens with one attached hydrogen (secondary N) is 3. The van der Waals surface area contributed by atoms with E-state index in [1.54, 1.807) is 74.4 Å². The zero-order valence-corrected chi connectivity index (χ0v) is 53.0. The molecule has 9 rings (SSSR count). The molecule has 0 aliphatic carbocycles. The highest BCUT2D eigenvalue weighted by atomic mass is 79.9. The fraction of sp³-hybridized carbons (Fsp3) is 0.579. The number of amides is 3. The molecular weight excluding hydrogens is 1280 g/mol. The molecule has 6 aliphatic rings. The van der Waals surface area contributed by atoms with Crippen molar-refractivity contribution in [2.75, 3.05) is 60.8 Å². The van der Waals surface area contributed by atoms with Gasteiger partial charge in [0.05, 0.1) is 19.8 Å². The Labute approximate surface area is 523 Å². The van der Waals surface area contributed by atoms with Crippen LogP contribution in [0.5, 0.6) is 0 Å². The van der Waals surface area contributed by atoms with E-state index in [1.807, 2.05) is 0 Å². The third-order valence-electron chi connectivity index (χ3n) is 14.1. The van der Waals surface area contributed by atoms with Gasteiger partial charge in [-0.15, -0.1) is 0 Å². The normalized spacial score (nSPS) is 25.8. The number of carbonyl (C=O) groups is 3. The van der Waals surface area contributed by atoms with Crippen molar-refractivity contribution in [3.05, 3.63) is 105 Å². The van der Waals surface area contributed by atoms with Crippen molar-refractivity contribution in [3.63, 3.8) is 0 Å². The van der Waals surface area contributed by atoms with E-state index in [9.17, 15) is 52.8 Å². The zero-order chi connectivity index (χ0) is 63.1. The van der Waals surface area contributed by atoms with Crippen molar-refractivity contribution in [2.24, 2.45) is 15.0 Å². The number of rotatable bonds is 3. The predicted molar refractivity (Wildman–Crippen MR) is 330 cm³/mol. The average Bonchev–Trinajstić information content (AvgIpc) is 0.971. The van der Waals surface area contributed by atoms with Crippen molar-refractivity contribution in [1.29, 1.82) is 0 Å². The molecule has 4 unspecified atom stereocenters. The molecule has 0 spiro atoms. The predicted octanol–water partition coefficient (Wildman–Crippen LogP) is 8.57. The summed E-state index contributed by atoms with van der Waals surface area (Å²) in [6.45, 7) is 15.4. The molecule has 88 heavy (non-hydrogen) atoms. The van der Waals surface area contributed by atoms with Crippen LogP contribution in [0.4, 0.5) is 27.6 Å². The monoisotopic (exact) mass is 1370 g/mol. The van der Waals surface area contributed by atoms with Gasteiger partial charge in [-0.05, 0) is 112 Å². The molecule has 3 aromatic rings. The third-order valence-corrected chi connectivity index (χ3v) is 21.4. The Hall–Kier alpha value is -6.12. The molecule has 0 aromatic heterocycles. The lowest BCUT2D eigenvalue weighted by Crippen LogP contribution is -2.62. The molecule has 3 aromatic carbocycles. The number of benzene rings is 3. The lowest BCUT2D eigenvalue weighted by Gasteiger charge is -2.46. The second-order valence-corrected chi connectivity index (χ2v) is 30.9. The molecule has 3 saturated heterocycles. The van der Waals surface area contributed by atoms with Gasteiger partial charge in [0.25, 0.3) is 0 Å². The lowest BCUT2D eigenvalue weighted by molar-refractivity contribution is 0.0352. The highest BCUT2D eigenvalue weighted by molar-refractivity contribution is 9.10. The topological polar surface area (TPSA) is 292 Å². The molecule has 3 fully saturated rings. The Balaban J connectivity index is 0.000000278. The molecule has 0 saturated carbocycles. The fourth-order valence-corrected chi connectivity index (χ4v) is 16.2. The van der Waals surface area contributed by atoms with E-state index < -0.39 is 115 Å². The van der Waals surface area contributed by atoms with Crippen LogP contribution in [0.2, 0.25) is 0 Å². The molecule has 24 nitrogen and oxygen atoms in total. The van der Waals surface area contributed by atoms with E-state index in [4.69, 9.17) is 28.4 Å². The second kappa shape index (κ2) is 27.5. The van der Waals surface area contributed by atoms with E-state index >= 15 is 0 Å². The van der Waals surface area contributed by atoms with Crippen molar-refractivity contribution in [2.45, 2.75) is 153 Å². The largest absolute Gasteiger partial charge is 0.444 e. The number of alkyl carbamates (subject to hydrolysis) is 3. The summed E-state index contributed by atoms with van der Waals surface area (Å²) in [6.07, 6.45) is -2.12. The summed E-state index contributed by atoms with van der Waals surface area (Å²) < 4.78 is 159. The summed E-state index contributed by atoms with van der Waals surface area (Å²) >= 11 is 3.30. The number of nitrogens with zero attached hydrogens (tertiary/aromatic N) is 6. The van der Waals surface area contributed by atoms with Gasteiger partial charge in [-0.3, -0.25) is 16.0 Å². The van der Waals surface area contributed by atoms with Crippen LogP contribution in [0.25, 0.3) is 0 Å². The first-order valence-electron chi connectivity index (χ1n) is 26.7. The highest BCUT2D eigenvalue weighted by Gasteiger charge is 2.59. The van der Waals surface area contributed by atoms with E-state index in [-0.39, 0.29) is 116 Å². The summed E-state index contributed by atoms with van der Waals surface area (Å²) in [5.41, 5.74) is -6.59. The zero-order valence-electron chi connectivity index (χ0n) is 49.0. The number of guanidine groups is 3. The van der Waals surface area contributed by atoms with E-state index in [0.717, 1.165) is 12.9 Å². The summed E-state index contributed by atoms with van der Waals surface area (Å²) in [7, 11) is -7.95. The lowest BCUT2D eigenvalue weighted by atomic mass is 9.84. The summed E-state index contributed by atoms with van der Waals surface area (Å²) in [6, 6.07) is 16.0. The van der Waals surface area contributed by atoms with Gasteiger partial charge >= 0.3 is 18.3 Å². The maximum absolute atomic E-state index is 14.8. The van der Waals surface area contributed by atoms with Crippen LogP contribution in [0, 0.1) is 17.5 Å². The summed E-state index contributed by atoms with van der Waals surface area (Å²) in [5, 5.41) is 4.09. The number of hydrogen-bond acceptors (Lipinski definition) is 18. The van der Waals surface area contributed by atoms with Crippen LogP contribution in [-0.2, 0) is 75.1 Å². The van der Waals surface area contributed by atoms with Gasteiger partial charge in [-0.1, -0.05) is 74.6 Å². The SMILES string of the molecule is C.C.C.CN1C(NC(=O)OC(C)(C)C)=NC2(c3ccccc3F)COCCC2S1(=O)=O.CN1C(NC(=O)OC(C)(C)C)=N[C@@]2(c3cc(Br)ccc3F)COCCC2S1(=O)=O.CN1C(NC(=O)OC(C)(C)C)=N[C@@]2(c3ccccc3F)COCCC2S1(=O)=O. The first-order chi connectivity index (χ1) is 39.3. The maximum Gasteiger partial charge on any atom is 0.414 e. The fourth-order valence-electron chi connectivity index (χ4n) is 10.4. The number of fused-ring (bicyclic) bond motifs is 3. The minimum absolute atomic E-state index is 0. The Morgan fingerprint density at radius 1 is 0.500 bits per heavy atom. The minimum Gasteiger partial charge on any atom is -0.444 e. The number of ether oxygens (including phenoxy) is 6. The van der Waals surface area contributed by atoms with Crippen molar-refractivity contribution in [1.82, 2.24) is 28.9 Å². The number of aliphatic imine (C=N–C) groups is 3. The van der Waals surface area contributed by atoms with Gasteiger partial charge < -0.3 is 28.4 Å². The van der Waals surface area contributed by atoms with Crippen LogP contribution in [0.15, 0.2) is 86.2 Å². The Morgan fingerprint density at radius 3 is 1.06 bits per heavy atom. The Bertz CT molecular complexity index is 3360. The third kappa shape index (κ3) is 15.5. The maximum atomic E-state index is 14.8. The van der Waals surface area contributed by atoms with Gasteiger partial charge in [-0.2, -0.15) is 0 Å². The number of carbonyl (C=O) groups excluding carboxylic acids is 3. The number of hydrogen-bond donors (Lipinski definition) is 3. The van der Waals surface area contributed by atoms with Crippen molar-refractivity contribution >= 4 is 82.2 Å². The minimum atomic E-state index is -3.97. The summed E-state index contributed by atoms with van der Waals surface area (Å²) in [4.78, 5) is 50.2. The summed E-state index contributed by atoms with van der Waals surface area (Å²) in [5.74, 6) is -2.50. The molecule has 0 radical (unpaired) electrons. The van der Waals surface area contributed by atoms with E-state index in [2.05, 4.69) is 46.9 Å². The molecule has 3 amide bonds. The first-order valence-corrected chi connectivity index (χ1v) is 32.0. The van der Waals surface area contributed by atoms with Gasteiger partial charge in [0, 0.05) is 62.1 Å². The molecular formula is C57H83BrF3N9O15S3. The molecule has 0 bridgehead atoms. The Morgan fingerprint density at radius 2 is 0.773 bits per heavy atom. The van der Waals surface area contributed by atoms with Crippen LogP contribution < -0.4 is 16.0 Å². The average molecular weight is 1370 g/mol. The van der Waals surface area contributed by atoms with E-state index in [0.29, 0.717) is 4.47 Å². The standard InChI is InChI=1S/C18H23BrFN3O5S.2C18H24FN3O5S.3CH4/c1-17(2,3)28-16(24)21-15-22-18(12-9-11(19)5-6-13(12)20)10-27-8-7-14(18)29(25,26)23(15)4;2*1-17(2,3)27-16(23)20-15-21-18(12-7-5-6-8-13(12)19)11-26-10-9-14(18)28(24,25)22(15)4;;;/h5-6,9,14H,7-8,10H2,1-4H3,(H,21,22,24);2*5-8,14H,9-11H2,1-4H3,(H,20,21,23);3*1H4/t2*14?,18-;;;;/m11..../s1. The van der Waals surface area contributed by atoms with Crippen LogP contribution in [0.1, 0.15) is 121 Å². The first kappa shape index (κ1) is 74.3. The number of halogens is 4. The second-order valence-electron chi connectivity index (χ2n) is 23.6. The molecule has 6 heterocycles. The van der Waals surface area contributed by atoms with Gasteiger partial charge in [0.1, 0.15) is 66.6 Å². The van der Waals surface area contributed by atoms with Crippen LogP contribution in [0.3, 0.4) is 0 Å². The van der Waals surface area contributed by atoms with Crippen molar-refractivity contribution < 1.29 is 81.2 Å². The molecule has 3 N–H and O–H groups in total. The van der Waals surface area contributed by atoms with Gasteiger partial charge in [0.2, 0.25) is 47.9 Å². The molecule has 31 heteroatoms. The molecule has 6 aliphatic heterocycles.